The number of benzene rings is 1. The van der Waals surface area contributed by atoms with Crippen LogP contribution in [0.25, 0.3) is 0 Å². The summed E-state index contributed by atoms with van der Waals surface area (Å²) in [5.74, 6) is -0.584. The minimum absolute atomic E-state index is 0.0186. The van der Waals surface area contributed by atoms with E-state index in [0.717, 1.165) is 0 Å². The number of rotatable bonds is 5. The largest absolute Gasteiger partial charge is 0.399 e. The zero-order chi connectivity index (χ0) is 14.8. The van der Waals surface area contributed by atoms with Gasteiger partial charge in [-0.15, -0.1) is 0 Å². The fraction of sp³-hybridized carbons (Fsp3) is 0.364. The maximum absolute atomic E-state index is 12.3. The van der Waals surface area contributed by atoms with E-state index in [1.807, 2.05) is 0 Å². The molecule has 1 aromatic rings. The Bertz CT molecular complexity index is 599. The molecule has 5 N–H and O–H groups in total. The molecule has 0 spiro atoms. The van der Waals surface area contributed by atoms with Crippen LogP contribution in [0.2, 0.25) is 0 Å². The van der Waals surface area contributed by atoms with E-state index in [-0.39, 0.29) is 11.3 Å². The summed E-state index contributed by atoms with van der Waals surface area (Å²) in [5, 5.41) is 0. The quantitative estimate of drug-likeness (QED) is 0.686. The third-order valence-corrected chi connectivity index (χ3v) is 4.96. The van der Waals surface area contributed by atoms with Crippen LogP contribution >= 0.6 is 15.9 Å². The molecule has 0 fully saturated rings. The first-order chi connectivity index (χ1) is 8.53. The Morgan fingerprint density at radius 2 is 2.00 bits per heavy atom. The monoisotopic (exact) mass is 349 g/mol. The molecule has 106 valence electrons. The zero-order valence-electron chi connectivity index (χ0n) is 10.6. The lowest BCUT2D eigenvalue weighted by Gasteiger charge is -2.24. The maximum atomic E-state index is 12.3. The molecular formula is C11H16BrN3O3S. The van der Waals surface area contributed by atoms with Crippen LogP contribution in [-0.4, -0.2) is 19.9 Å². The third kappa shape index (κ3) is 4.48. The number of carbonyl (C=O) groups excluding carboxylic acids is 1. The highest BCUT2D eigenvalue weighted by Crippen LogP contribution is 2.25. The van der Waals surface area contributed by atoms with Crippen molar-refractivity contribution < 1.29 is 13.2 Å². The molecule has 0 aromatic heterocycles. The van der Waals surface area contributed by atoms with Crippen molar-refractivity contribution in [3.05, 3.63) is 22.7 Å². The highest BCUT2D eigenvalue weighted by Gasteiger charge is 2.29. The molecule has 1 aromatic carbocycles. The number of amides is 1. The smallest absolute Gasteiger partial charge is 0.242 e. The van der Waals surface area contributed by atoms with Crippen molar-refractivity contribution >= 4 is 37.5 Å². The average Bonchev–Trinajstić information content (AvgIpc) is 2.17. The summed E-state index contributed by atoms with van der Waals surface area (Å²) in [4.78, 5) is 10.9. The molecule has 0 aliphatic rings. The highest BCUT2D eigenvalue weighted by molar-refractivity contribution is 9.10. The number of nitrogens with one attached hydrogen (secondary N) is 1. The Morgan fingerprint density at radius 1 is 1.42 bits per heavy atom. The molecule has 6 nitrogen and oxygen atoms in total. The Morgan fingerprint density at radius 3 is 2.53 bits per heavy atom. The van der Waals surface area contributed by atoms with Gasteiger partial charge >= 0.3 is 0 Å². The van der Waals surface area contributed by atoms with Crippen molar-refractivity contribution in [2.45, 2.75) is 30.7 Å². The lowest BCUT2D eigenvalue weighted by molar-refractivity contribution is -0.119. The molecular weight excluding hydrogens is 334 g/mol. The number of primary amides is 1. The zero-order valence-corrected chi connectivity index (χ0v) is 13.0. The number of nitrogen functional groups attached to an aromatic ring is 1. The molecule has 0 atom stereocenters. The van der Waals surface area contributed by atoms with Crippen LogP contribution < -0.4 is 16.2 Å². The summed E-state index contributed by atoms with van der Waals surface area (Å²) in [7, 11) is -3.80. The second-order valence-electron chi connectivity index (χ2n) is 4.82. The van der Waals surface area contributed by atoms with Gasteiger partial charge in [-0.05, 0) is 48.0 Å². The van der Waals surface area contributed by atoms with Crippen molar-refractivity contribution in [1.82, 2.24) is 4.72 Å². The van der Waals surface area contributed by atoms with E-state index in [9.17, 15) is 13.2 Å². The third-order valence-electron chi connectivity index (χ3n) is 2.27. The number of halogens is 1. The van der Waals surface area contributed by atoms with Crippen molar-refractivity contribution in [2.24, 2.45) is 5.73 Å². The van der Waals surface area contributed by atoms with Crippen LogP contribution in [0.5, 0.6) is 0 Å². The molecule has 0 saturated carbocycles. The molecule has 0 saturated heterocycles. The molecule has 0 bridgehead atoms. The topological polar surface area (TPSA) is 115 Å². The molecule has 0 heterocycles. The second kappa shape index (κ2) is 5.48. The van der Waals surface area contributed by atoms with Crippen LogP contribution in [0.3, 0.4) is 0 Å². The van der Waals surface area contributed by atoms with Gasteiger partial charge in [0, 0.05) is 22.1 Å². The lowest BCUT2D eigenvalue weighted by Crippen LogP contribution is -2.45. The predicted molar refractivity (Wildman–Crippen MR) is 76.8 cm³/mol. The Kier molecular flexibility index (Phi) is 4.59. The molecule has 0 unspecified atom stereocenters. The van der Waals surface area contributed by atoms with Gasteiger partial charge in [-0.1, -0.05) is 0 Å². The second-order valence-corrected chi connectivity index (χ2v) is 7.33. The molecule has 1 amide bonds. The van der Waals surface area contributed by atoms with Gasteiger partial charge in [0.2, 0.25) is 15.9 Å². The van der Waals surface area contributed by atoms with Gasteiger partial charge in [-0.2, -0.15) is 0 Å². The number of hydrogen-bond donors (Lipinski definition) is 3. The first-order valence-corrected chi connectivity index (χ1v) is 7.68. The van der Waals surface area contributed by atoms with Gasteiger partial charge in [0.05, 0.1) is 4.90 Å². The van der Waals surface area contributed by atoms with Crippen molar-refractivity contribution in [2.75, 3.05) is 5.73 Å². The van der Waals surface area contributed by atoms with Crippen molar-refractivity contribution in [3.63, 3.8) is 0 Å². The standard InChI is InChI=1S/C11H16BrN3O3S/c1-11(2,6-10(14)16)15-19(17,18)9-5-7(13)3-4-8(9)12/h3-5,15H,6,13H2,1-2H3,(H2,14,16). The highest BCUT2D eigenvalue weighted by atomic mass is 79.9. The Balaban J connectivity index is 3.11. The average molecular weight is 350 g/mol. The minimum Gasteiger partial charge on any atom is -0.399 e. The summed E-state index contributed by atoms with van der Waals surface area (Å²) in [6, 6.07) is 4.47. The predicted octanol–water partition coefficient (Wildman–Crippen LogP) is 0.964. The van der Waals surface area contributed by atoms with Gasteiger partial charge in [-0.3, -0.25) is 4.79 Å². The van der Waals surface area contributed by atoms with Gasteiger partial charge in [-0.25, -0.2) is 13.1 Å². The molecule has 19 heavy (non-hydrogen) atoms. The van der Waals surface area contributed by atoms with Crippen LogP contribution in [0.15, 0.2) is 27.6 Å². The van der Waals surface area contributed by atoms with Crippen LogP contribution in [0.1, 0.15) is 20.3 Å². The van der Waals surface area contributed by atoms with Gasteiger partial charge in [0.15, 0.2) is 0 Å². The molecule has 0 radical (unpaired) electrons. The fourth-order valence-corrected chi connectivity index (χ4v) is 4.03. The molecule has 0 aliphatic carbocycles. The van der Waals surface area contributed by atoms with E-state index in [4.69, 9.17) is 11.5 Å². The minimum atomic E-state index is -3.80. The van der Waals surface area contributed by atoms with E-state index in [2.05, 4.69) is 20.7 Å². The number of carbonyl (C=O) groups is 1. The van der Waals surface area contributed by atoms with E-state index in [1.54, 1.807) is 26.0 Å². The number of hydrogen-bond acceptors (Lipinski definition) is 4. The lowest BCUT2D eigenvalue weighted by atomic mass is 10.0. The molecule has 8 heteroatoms. The summed E-state index contributed by atoms with van der Waals surface area (Å²) in [6.07, 6.45) is -0.105. The van der Waals surface area contributed by atoms with Gasteiger partial charge in [0.1, 0.15) is 0 Å². The van der Waals surface area contributed by atoms with Crippen molar-refractivity contribution in [3.8, 4) is 0 Å². The Hall–Kier alpha value is -1.12. The van der Waals surface area contributed by atoms with E-state index in [0.29, 0.717) is 10.2 Å². The van der Waals surface area contributed by atoms with Crippen molar-refractivity contribution in [1.29, 1.82) is 0 Å². The Labute approximate surface area is 120 Å². The normalized spacial score (nSPS) is 12.4. The molecule has 0 aliphatic heterocycles. The van der Waals surface area contributed by atoms with E-state index in [1.165, 1.54) is 6.07 Å². The summed E-state index contributed by atoms with van der Waals surface area (Å²) < 4.78 is 27.3. The number of nitrogens with two attached hydrogens (primary N) is 2. The fourth-order valence-electron chi connectivity index (χ4n) is 1.62. The summed E-state index contributed by atoms with van der Waals surface area (Å²) >= 11 is 3.16. The van der Waals surface area contributed by atoms with Crippen LogP contribution in [0.4, 0.5) is 5.69 Å². The number of sulfonamides is 1. The summed E-state index contributed by atoms with van der Waals surface area (Å²) in [6.45, 7) is 3.16. The van der Waals surface area contributed by atoms with E-state index < -0.39 is 21.5 Å². The first-order valence-electron chi connectivity index (χ1n) is 5.41. The van der Waals surface area contributed by atoms with E-state index >= 15 is 0 Å². The first kappa shape index (κ1) is 15.9. The van der Waals surface area contributed by atoms with Gasteiger partial charge < -0.3 is 11.5 Å². The van der Waals surface area contributed by atoms with Crippen LogP contribution in [-0.2, 0) is 14.8 Å². The maximum Gasteiger partial charge on any atom is 0.242 e. The molecule has 1 rings (SSSR count). The number of anilines is 1. The van der Waals surface area contributed by atoms with Gasteiger partial charge in [0.25, 0.3) is 0 Å². The SMILES string of the molecule is CC(C)(CC(N)=O)NS(=O)(=O)c1cc(N)ccc1Br. The van der Waals surface area contributed by atoms with Crippen LogP contribution in [0, 0.1) is 0 Å². The summed E-state index contributed by atoms with van der Waals surface area (Å²) in [5.41, 5.74) is 10.0.